The number of nitrogens with zero attached hydrogens (tertiary/aromatic N) is 1. The normalized spacial score (nSPS) is 13.7. The van der Waals surface area contributed by atoms with Crippen LogP contribution in [0.5, 0.6) is 0 Å². The minimum absolute atomic E-state index is 0.0160. The summed E-state index contributed by atoms with van der Waals surface area (Å²) in [5.41, 5.74) is 4.71. The number of hydrogen-bond acceptors (Lipinski definition) is 1. The number of carbonyl (C=O) groups is 1. The van der Waals surface area contributed by atoms with Gasteiger partial charge in [0, 0.05) is 18.8 Å². The van der Waals surface area contributed by atoms with Crippen LogP contribution in [0.4, 0.5) is 10.5 Å². The Balaban J connectivity index is 1.69. The van der Waals surface area contributed by atoms with Gasteiger partial charge in [0.2, 0.25) is 0 Å². The summed E-state index contributed by atoms with van der Waals surface area (Å²) in [6.07, 6.45) is 1.90. The number of benzene rings is 2. The molecule has 0 atom stereocenters. The molecule has 2 aromatic rings. The molecule has 0 aliphatic carbocycles. The first kappa shape index (κ1) is 13.7. The predicted molar refractivity (Wildman–Crippen MR) is 85.4 cm³/mol. The fourth-order valence-corrected chi connectivity index (χ4v) is 2.74. The zero-order valence-electron chi connectivity index (χ0n) is 12.3. The Morgan fingerprint density at radius 2 is 1.95 bits per heavy atom. The molecular formula is C18H20N2O. The maximum absolute atomic E-state index is 12.4. The summed E-state index contributed by atoms with van der Waals surface area (Å²) >= 11 is 0. The van der Waals surface area contributed by atoms with Crippen LogP contribution in [0.2, 0.25) is 0 Å². The molecule has 1 heterocycles. The lowest BCUT2D eigenvalue weighted by molar-refractivity contribution is 0.206. The van der Waals surface area contributed by atoms with E-state index >= 15 is 0 Å². The third-order valence-corrected chi connectivity index (χ3v) is 4.00. The zero-order valence-corrected chi connectivity index (χ0v) is 12.3. The molecule has 0 bridgehead atoms. The Kier molecular flexibility index (Phi) is 3.91. The maximum atomic E-state index is 12.4. The molecule has 1 N–H and O–H groups in total. The summed E-state index contributed by atoms with van der Waals surface area (Å²) < 4.78 is 0. The Morgan fingerprint density at radius 3 is 2.76 bits per heavy atom. The van der Waals surface area contributed by atoms with Crippen LogP contribution in [-0.4, -0.2) is 17.5 Å². The predicted octanol–water partition coefficient (Wildman–Crippen LogP) is 3.84. The lowest BCUT2D eigenvalue weighted by Gasteiger charge is -2.29. The van der Waals surface area contributed by atoms with Gasteiger partial charge in [-0.25, -0.2) is 4.79 Å². The summed E-state index contributed by atoms with van der Waals surface area (Å²) in [6, 6.07) is 16.4. The molecule has 0 saturated carbocycles. The number of nitrogens with one attached hydrogen (secondary N) is 1. The van der Waals surface area contributed by atoms with Gasteiger partial charge in [-0.3, -0.25) is 0 Å². The van der Waals surface area contributed by atoms with Gasteiger partial charge in [0.1, 0.15) is 0 Å². The molecule has 108 valence electrons. The molecule has 3 heteroatoms. The van der Waals surface area contributed by atoms with E-state index in [1.807, 2.05) is 29.2 Å². The van der Waals surface area contributed by atoms with E-state index in [-0.39, 0.29) is 6.03 Å². The van der Waals surface area contributed by atoms with Crippen molar-refractivity contribution in [2.24, 2.45) is 0 Å². The van der Waals surface area contributed by atoms with Crippen molar-refractivity contribution in [3.8, 4) is 0 Å². The quantitative estimate of drug-likeness (QED) is 0.890. The van der Waals surface area contributed by atoms with Crippen LogP contribution in [0, 0.1) is 0 Å². The van der Waals surface area contributed by atoms with Gasteiger partial charge < -0.3 is 10.2 Å². The highest BCUT2D eigenvalue weighted by atomic mass is 16.2. The van der Waals surface area contributed by atoms with Crippen molar-refractivity contribution in [3.63, 3.8) is 0 Å². The number of carbonyl (C=O) groups excluding carboxylic acids is 1. The van der Waals surface area contributed by atoms with Crippen LogP contribution in [0.3, 0.4) is 0 Å². The van der Waals surface area contributed by atoms with Crippen molar-refractivity contribution in [3.05, 3.63) is 65.2 Å². The van der Waals surface area contributed by atoms with Crippen molar-refractivity contribution < 1.29 is 4.79 Å². The molecule has 0 radical (unpaired) electrons. The van der Waals surface area contributed by atoms with Crippen molar-refractivity contribution in [1.29, 1.82) is 0 Å². The number of urea groups is 1. The van der Waals surface area contributed by atoms with Gasteiger partial charge in [0.25, 0.3) is 0 Å². The molecule has 1 aliphatic heterocycles. The SMILES string of the molecule is CCc1cccc(NC(=O)N2CCc3ccccc3C2)c1. The molecule has 0 aromatic heterocycles. The van der Waals surface area contributed by atoms with Gasteiger partial charge in [0.05, 0.1) is 0 Å². The topological polar surface area (TPSA) is 32.3 Å². The van der Waals surface area contributed by atoms with Crippen molar-refractivity contribution in [2.45, 2.75) is 26.3 Å². The molecule has 0 spiro atoms. The van der Waals surface area contributed by atoms with E-state index in [0.717, 1.165) is 25.1 Å². The summed E-state index contributed by atoms with van der Waals surface area (Å²) in [6.45, 7) is 3.58. The molecular weight excluding hydrogens is 260 g/mol. The summed E-state index contributed by atoms with van der Waals surface area (Å²) in [7, 11) is 0. The first-order chi connectivity index (χ1) is 10.3. The van der Waals surface area contributed by atoms with Crippen LogP contribution in [0.1, 0.15) is 23.6 Å². The molecule has 3 rings (SSSR count). The van der Waals surface area contributed by atoms with Crippen LogP contribution < -0.4 is 5.32 Å². The average molecular weight is 280 g/mol. The number of hydrogen-bond donors (Lipinski definition) is 1. The maximum Gasteiger partial charge on any atom is 0.322 e. The molecule has 21 heavy (non-hydrogen) atoms. The number of fused-ring (bicyclic) bond motifs is 1. The number of aryl methyl sites for hydroxylation is 1. The molecule has 0 saturated heterocycles. The Morgan fingerprint density at radius 1 is 1.14 bits per heavy atom. The lowest BCUT2D eigenvalue weighted by Crippen LogP contribution is -2.38. The van der Waals surface area contributed by atoms with E-state index in [1.54, 1.807) is 0 Å². The highest BCUT2D eigenvalue weighted by Crippen LogP contribution is 2.19. The second-order valence-electron chi connectivity index (χ2n) is 5.42. The van der Waals surface area contributed by atoms with E-state index in [9.17, 15) is 4.79 Å². The van der Waals surface area contributed by atoms with Gasteiger partial charge in [-0.1, -0.05) is 43.3 Å². The summed E-state index contributed by atoms with van der Waals surface area (Å²) in [4.78, 5) is 14.3. The Hall–Kier alpha value is -2.29. The molecule has 2 aromatic carbocycles. The summed E-state index contributed by atoms with van der Waals surface area (Å²) in [5.74, 6) is 0. The third kappa shape index (κ3) is 3.07. The number of anilines is 1. The molecule has 1 aliphatic rings. The van der Waals surface area contributed by atoms with Gasteiger partial charge >= 0.3 is 6.03 Å². The minimum atomic E-state index is -0.0160. The van der Waals surface area contributed by atoms with Crippen molar-refractivity contribution in [2.75, 3.05) is 11.9 Å². The number of rotatable bonds is 2. The Bertz CT molecular complexity index is 651. The summed E-state index contributed by atoms with van der Waals surface area (Å²) in [5, 5.41) is 3.00. The van der Waals surface area contributed by atoms with Gasteiger partial charge in [-0.2, -0.15) is 0 Å². The first-order valence-electron chi connectivity index (χ1n) is 7.48. The minimum Gasteiger partial charge on any atom is -0.320 e. The molecule has 0 fully saturated rings. The highest BCUT2D eigenvalue weighted by molar-refractivity contribution is 5.89. The van der Waals surface area contributed by atoms with Gasteiger partial charge in [-0.15, -0.1) is 0 Å². The lowest BCUT2D eigenvalue weighted by atomic mass is 10.0. The van der Waals surface area contributed by atoms with Crippen molar-refractivity contribution >= 4 is 11.7 Å². The van der Waals surface area contributed by atoms with Crippen LogP contribution >= 0.6 is 0 Å². The Labute approximate surface area is 125 Å². The number of amides is 2. The standard InChI is InChI=1S/C18H20N2O/c1-2-14-6-5-9-17(12-14)19-18(21)20-11-10-15-7-3-4-8-16(15)13-20/h3-9,12H,2,10-11,13H2,1H3,(H,19,21). The average Bonchev–Trinajstić information content (AvgIpc) is 2.54. The fraction of sp³-hybridized carbons (Fsp3) is 0.278. The molecule has 0 unspecified atom stereocenters. The molecule has 2 amide bonds. The van der Waals surface area contributed by atoms with E-state index in [4.69, 9.17) is 0 Å². The second-order valence-corrected chi connectivity index (χ2v) is 5.42. The van der Waals surface area contributed by atoms with Crippen LogP contribution in [-0.2, 0) is 19.4 Å². The van der Waals surface area contributed by atoms with Crippen LogP contribution in [0.15, 0.2) is 48.5 Å². The van der Waals surface area contributed by atoms with Crippen LogP contribution in [0.25, 0.3) is 0 Å². The first-order valence-corrected chi connectivity index (χ1v) is 7.48. The van der Waals surface area contributed by atoms with Gasteiger partial charge in [-0.05, 0) is 41.7 Å². The highest BCUT2D eigenvalue weighted by Gasteiger charge is 2.20. The van der Waals surface area contributed by atoms with E-state index in [0.29, 0.717) is 6.54 Å². The van der Waals surface area contributed by atoms with E-state index in [2.05, 4.69) is 36.5 Å². The largest absolute Gasteiger partial charge is 0.322 e. The van der Waals surface area contributed by atoms with Crippen molar-refractivity contribution in [1.82, 2.24) is 4.90 Å². The second kappa shape index (κ2) is 6.00. The van der Waals surface area contributed by atoms with Gasteiger partial charge in [0.15, 0.2) is 0 Å². The van der Waals surface area contributed by atoms with E-state index in [1.165, 1.54) is 16.7 Å². The monoisotopic (exact) mass is 280 g/mol. The molecule has 3 nitrogen and oxygen atoms in total. The fourth-order valence-electron chi connectivity index (χ4n) is 2.74. The third-order valence-electron chi connectivity index (χ3n) is 4.00. The van der Waals surface area contributed by atoms with E-state index < -0.39 is 0 Å². The smallest absolute Gasteiger partial charge is 0.320 e. The zero-order chi connectivity index (χ0) is 14.7.